The van der Waals surface area contributed by atoms with Gasteiger partial charge in [-0.05, 0) is 37.0 Å². The maximum atomic E-state index is 9.70. The van der Waals surface area contributed by atoms with Crippen LogP contribution in [0.4, 0.5) is 11.4 Å². The summed E-state index contributed by atoms with van der Waals surface area (Å²) in [6.07, 6.45) is 1.90. The van der Waals surface area contributed by atoms with Crippen molar-refractivity contribution in [1.29, 1.82) is 5.26 Å². The molecular weight excluding hydrogens is 202 g/mol. The van der Waals surface area contributed by atoms with Crippen molar-refractivity contribution >= 4 is 11.4 Å². The van der Waals surface area contributed by atoms with Gasteiger partial charge in [-0.25, -0.2) is 0 Å². The maximum absolute atomic E-state index is 9.70. The van der Waals surface area contributed by atoms with Crippen molar-refractivity contribution in [3.63, 3.8) is 0 Å². The number of hydrogen-bond acceptors (Lipinski definition) is 4. The Morgan fingerprint density at radius 2 is 2.31 bits per heavy atom. The molecule has 4 nitrogen and oxygen atoms in total. The van der Waals surface area contributed by atoms with E-state index >= 15 is 0 Å². The first-order valence-electron chi connectivity index (χ1n) is 5.42. The summed E-state index contributed by atoms with van der Waals surface area (Å²) in [7, 11) is 0. The predicted octanol–water partition coefficient (Wildman–Crippen LogP) is 1.32. The van der Waals surface area contributed by atoms with Crippen LogP contribution >= 0.6 is 0 Å². The molecule has 1 aromatic rings. The van der Waals surface area contributed by atoms with E-state index in [9.17, 15) is 5.11 Å². The zero-order valence-electron chi connectivity index (χ0n) is 8.98. The number of anilines is 2. The number of rotatable bonds is 4. The Kier molecular flexibility index (Phi) is 2.97. The fourth-order valence-electron chi connectivity index (χ4n) is 1.64. The average Bonchev–Trinajstić information content (AvgIpc) is 3.11. The number of hydrogen-bond donors (Lipinski definition) is 3. The lowest BCUT2D eigenvalue weighted by Gasteiger charge is -2.13. The number of nitrogens with one attached hydrogen (secondary N) is 1. The zero-order valence-corrected chi connectivity index (χ0v) is 8.98. The third kappa shape index (κ3) is 2.44. The van der Waals surface area contributed by atoms with Crippen LogP contribution in [0, 0.1) is 17.2 Å². The normalized spacial score (nSPS) is 16.5. The van der Waals surface area contributed by atoms with Crippen molar-refractivity contribution in [3.05, 3.63) is 23.8 Å². The van der Waals surface area contributed by atoms with E-state index in [-0.39, 0.29) is 6.10 Å². The highest BCUT2D eigenvalue weighted by atomic mass is 16.3. The monoisotopic (exact) mass is 217 g/mol. The lowest BCUT2D eigenvalue weighted by atomic mass is 10.1. The standard InChI is InChI=1S/C12H15N3O/c13-6-8-1-4-10(14)11(5-8)15-7-12(16)9-2-3-9/h1,4-5,9,12,15-16H,2-3,7,14H2. The Labute approximate surface area is 94.7 Å². The molecule has 0 saturated heterocycles. The van der Waals surface area contributed by atoms with E-state index < -0.39 is 0 Å². The molecule has 1 saturated carbocycles. The molecule has 16 heavy (non-hydrogen) atoms. The molecular formula is C12H15N3O. The van der Waals surface area contributed by atoms with Crippen molar-refractivity contribution in [1.82, 2.24) is 0 Å². The largest absolute Gasteiger partial charge is 0.397 e. The molecule has 2 rings (SSSR count). The van der Waals surface area contributed by atoms with Gasteiger partial charge >= 0.3 is 0 Å². The first-order valence-corrected chi connectivity index (χ1v) is 5.42. The van der Waals surface area contributed by atoms with E-state index in [0.717, 1.165) is 18.5 Å². The molecule has 0 heterocycles. The van der Waals surface area contributed by atoms with Gasteiger partial charge in [-0.15, -0.1) is 0 Å². The Morgan fingerprint density at radius 3 is 2.94 bits per heavy atom. The SMILES string of the molecule is N#Cc1ccc(N)c(NCC(O)C2CC2)c1. The summed E-state index contributed by atoms with van der Waals surface area (Å²) in [5.74, 6) is 0.438. The number of nitriles is 1. The number of benzene rings is 1. The number of nitrogens with zero attached hydrogens (tertiary/aromatic N) is 1. The smallest absolute Gasteiger partial charge is 0.0992 e. The number of aliphatic hydroxyl groups excluding tert-OH is 1. The fraction of sp³-hybridized carbons (Fsp3) is 0.417. The van der Waals surface area contributed by atoms with Crippen LogP contribution in [0.1, 0.15) is 18.4 Å². The lowest BCUT2D eigenvalue weighted by molar-refractivity contribution is 0.164. The molecule has 0 radical (unpaired) electrons. The van der Waals surface area contributed by atoms with Crippen molar-refractivity contribution in [2.45, 2.75) is 18.9 Å². The van der Waals surface area contributed by atoms with Gasteiger partial charge in [0.25, 0.3) is 0 Å². The Balaban J connectivity index is 1.99. The highest BCUT2D eigenvalue weighted by Gasteiger charge is 2.29. The van der Waals surface area contributed by atoms with E-state index in [1.807, 2.05) is 0 Å². The van der Waals surface area contributed by atoms with E-state index in [4.69, 9.17) is 11.0 Å². The van der Waals surface area contributed by atoms with Crippen molar-refractivity contribution < 1.29 is 5.11 Å². The molecule has 1 aliphatic carbocycles. The highest BCUT2D eigenvalue weighted by molar-refractivity contribution is 5.68. The second kappa shape index (κ2) is 4.42. The summed E-state index contributed by atoms with van der Waals surface area (Å²) in [6.45, 7) is 0.490. The summed E-state index contributed by atoms with van der Waals surface area (Å²) in [5.41, 5.74) is 7.66. The minimum absolute atomic E-state index is 0.315. The highest BCUT2D eigenvalue weighted by Crippen LogP contribution is 2.32. The van der Waals surface area contributed by atoms with Crippen LogP contribution < -0.4 is 11.1 Å². The average molecular weight is 217 g/mol. The Hall–Kier alpha value is -1.73. The Morgan fingerprint density at radius 1 is 1.56 bits per heavy atom. The van der Waals surface area contributed by atoms with Crippen molar-refractivity contribution in [2.24, 2.45) is 5.92 Å². The second-order valence-electron chi connectivity index (χ2n) is 4.20. The van der Waals surface area contributed by atoms with Gasteiger partial charge in [0.1, 0.15) is 0 Å². The third-order valence-corrected chi connectivity index (χ3v) is 2.85. The number of aliphatic hydroxyl groups is 1. The molecule has 0 amide bonds. The fourth-order valence-corrected chi connectivity index (χ4v) is 1.64. The van der Waals surface area contributed by atoms with Gasteiger partial charge in [-0.3, -0.25) is 0 Å². The maximum Gasteiger partial charge on any atom is 0.0992 e. The van der Waals surface area contributed by atoms with E-state index in [1.54, 1.807) is 18.2 Å². The third-order valence-electron chi connectivity index (χ3n) is 2.85. The molecule has 0 aromatic heterocycles. The molecule has 1 aliphatic rings. The Bertz CT molecular complexity index is 421. The van der Waals surface area contributed by atoms with Crippen LogP contribution in [0.15, 0.2) is 18.2 Å². The first-order chi connectivity index (χ1) is 7.70. The molecule has 1 unspecified atom stereocenters. The van der Waals surface area contributed by atoms with Gasteiger partial charge in [-0.1, -0.05) is 0 Å². The summed E-state index contributed by atoms with van der Waals surface area (Å²) >= 11 is 0. The van der Waals surface area contributed by atoms with E-state index in [1.165, 1.54) is 0 Å². The number of nitrogens with two attached hydrogens (primary N) is 1. The van der Waals surface area contributed by atoms with Gasteiger partial charge in [0, 0.05) is 6.54 Å². The van der Waals surface area contributed by atoms with Crippen LogP contribution in [-0.2, 0) is 0 Å². The summed E-state index contributed by atoms with van der Waals surface area (Å²) in [4.78, 5) is 0. The molecule has 4 heteroatoms. The quantitative estimate of drug-likeness (QED) is 0.664. The molecule has 1 atom stereocenters. The lowest BCUT2D eigenvalue weighted by Crippen LogP contribution is -2.21. The van der Waals surface area contributed by atoms with Crippen molar-refractivity contribution in [2.75, 3.05) is 17.6 Å². The van der Waals surface area contributed by atoms with Crippen LogP contribution in [0.25, 0.3) is 0 Å². The minimum Gasteiger partial charge on any atom is -0.397 e. The van der Waals surface area contributed by atoms with E-state index in [0.29, 0.717) is 23.7 Å². The molecule has 4 N–H and O–H groups in total. The van der Waals surface area contributed by atoms with Crippen LogP contribution in [0.3, 0.4) is 0 Å². The first kappa shape index (κ1) is 10.8. The predicted molar refractivity (Wildman–Crippen MR) is 62.8 cm³/mol. The van der Waals surface area contributed by atoms with Crippen LogP contribution in [0.2, 0.25) is 0 Å². The minimum atomic E-state index is -0.315. The molecule has 1 fully saturated rings. The van der Waals surface area contributed by atoms with Crippen LogP contribution in [-0.4, -0.2) is 17.8 Å². The summed E-state index contributed by atoms with van der Waals surface area (Å²) in [5, 5.41) is 21.5. The van der Waals surface area contributed by atoms with Gasteiger partial charge in [-0.2, -0.15) is 5.26 Å². The van der Waals surface area contributed by atoms with Gasteiger partial charge in [0.05, 0.1) is 29.1 Å². The zero-order chi connectivity index (χ0) is 11.5. The number of nitrogen functional groups attached to an aromatic ring is 1. The van der Waals surface area contributed by atoms with Gasteiger partial charge in [0.15, 0.2) is 0 Å². The van der Waals surface area contributed by atoms with Gasteiger partial charge < -0.3 is 16.2 Å². The van der Waals surface area contributed by atoms with Crippen molar-refractivity contribution in [3.8, 4) is 6.07 Å². The molecule has 0 spiro atoms. The molecule has 0 aliphatic heterocycles. The molecule has 0 bridgehead atoms. The topological polar surface area (TPSA) is 82.1 Å². The molecule has 84 valence electrons. The van der Waals surface area contributed by atoms with Crippen LogP contribution in [0.5, 0.6) is 0 Å². The van der Waals surface area contributed by atoms with E-state index in [2.05, 4.69) is 11.4 Å². The molecule has 1 aromatic carbocycles. The van der Waals surface area contributed by atoms with Gasteiger partial charge in [0.2, 0.25) is 0 Å². The summed E-state index contributed by atoms with van der Waals surface area (Å²) in [6, 6.07) is 7.14. The second-order valence-corrected chi connectivity index (χ2v) is 4.20. The summed E-state index contributed by atoms with van der Waals surface area (Å²) < 4.78 is 0.